The second-order valence-electron chi connectivity index (χ2n) is 4.41. The van der Waals surface area contributed by atoms with Gasteiger partial charge < -0.3 is 4.74 Å². The molecule has 1 heterocycles. The molecule has 22 heavy (non-hydrogen) atoms. The lowest BCUT2D eigenvalue weighted by molar-refractivity contribution is -0.122. The molecule has 0 unspecified atom stereocenters. The Bertz CT molecular complexity index is 751. The summed E-state index contributed by atoms with van der Waals surface area (Å²) < 4.78 is 18.2. The summed E-state index contributed by atoms with van der Waals surface area (Å²) in [5.41, 5.74) is 0.449. The average molecular weight is 318 g/mol. The third kappa shape index (κ3) is 3.54. The molecule has 0 bridgehead atoms. The van der Waals surface area contributed by atoms with E-state index in [1.807, 2.05) is 6.07 Å². The van der Waals surface area contributed by atoms with E-state index >= 15 is 0 Å². The van der Waals surface area contributed by atoms with Crippen LogP contribution in [0.15, 0.2) is 29.6 Å². The van der Waals surface area contributed by atoms with E-state index in [0.717, 1.165) is 6.07 Å². The summed E-state index contributed by atoms with van der Waals surface area (Å²) in [7, 11) is 0. The molecule has 0 amide bonds. The highest BCUT2D eigenvalue weighted by Gasteiger charge is 2.25. The van der Waals surface area contributed by atoms with Gasteiger partial charge in [-0.1, -0.05) is 12.1 Å². The standard InChI is InChI=1S/C15H11FN2O3S/c1-9-8-22-14(18-9)11(6-17)13(19)7-21-15(20)10-4-2-3-5-12(10)16/h2-5,8,11H,7H2,1H3/t11-/m0/s1. The number of thiazole rings is 1. The third-order valence-electron chi connectivity index (χ3n) is 2.77. The Hall–Kier alpha value is -2.59. The van der Waals surface area contributed by atoms with Crippen LogP contribution in [0.25, 0.3) is 0 Å². The van der Waals surface area contributed by atoms with E-state index in [-0.39, 0.29) is 5.56 Å². The second kappa shape index (κ2) is 6.91. The Morgan fingerprint density at radius 1 is 1.45 bits per heavy atom. The fourth-order valence-electron chi connectivity index (χ4n) is 1.69. The van der Waals surface area contributed by atoms with Crippen LogP contribution >= 0.6 is 11.3 Å². The number of rotatable bonds is 5. The summed E-state index contributed by atoms with van der Waals surface area (Å²) in [6.07, 6.45) is 0. The number of nitrogens with zero attached hydrogens (tertiary/aromatic N) is 2. The van der Waals surface area contributed by atoms with Gasteiger partial charge in [0, 0.05) is 11.1 Å². The molecule has 0 saturated heterocycles. The molecule has 2 rings (SSSR count). The predicted octanol–water partition coefficient (Wildman–Crippen LogP) is 2.62. The van der Waals surface area contributed by atoms with Crippen molar-refractivity contribution in [1.82, 2.24) is 4.98 Å². The number of esters is 1. The Balaban J connectivity index is 2.02. The van der Waals surface area contributed by atoms with Crippen molar-refractivity contribution in [1.29, 1.82) is 5.26 Å². The first-order valence-corrected chi connectivity index (χ1v) is 7.17. The molecule has 0 saturated carbocycles. The van der Waals surface area contributed by atoms with Crippen LogP contribution in [0.3, 0.4) is 0 Å². The van der Waals surface area contributed by atoms with Crippen LogP contribution in [0.2, 0.25) is 0 Å². The zero-order chi connectivity index (χ0) is 16.1. The van der Waals surface area contributed by atoms with Gasteiger partial charge in [0.2, 0.25) is 0 Å². The van der Waals surface area contributed by atoms with E-state index in [1.54, 1.807) is 12.3 Å². The first-order valence-electron chi connectivity index (χ1n) is 6.29. The molecule has 0 spiro atoms. The maximum Gasteiger partial charge on any atom is 0.341 e. The Kier molecular flexibility index (Phi) is 4.96. The fourth-order valence-corrected chi connectivity index (χ4v) is 2.56. The molecule has 7 heteroatoms. The summed E-state index contributed by atoms with van der Waals surface area (Å²) in [4.78, 5) is 27.8. The quantitative estimate of drug-likeness (QED) is 0.792. The van der Waals surface area contributed by atoms with Crippen molar-refractivity contribution >= 4 is 23.1 Å². The first kappa shape index (κ1) is 15.8. The number of hydrogen-bond donors (Lipinski definition) is 0. The molecule has 2 aromatic rings. The highest BCUT2D eigenvalue weighted by Crippen LogP contribution is 2.21. The van der Waals surface area contributed by atoms with Gasteiger partial charge in [0.15, 0.2) is 18.3 Å². The minimum absolute atomic E-state index is 0.256. The number of aromatic nitrogens is 1. The molecule has 0 aliphatic carbocycles. The van der Waals surface area contributed by atoms with Gasteiger partial charge in [0.1, 0.15) is 10.8 Å². The Morgan fingerprint density at radius 3 is 2.77 bits per heavy atom. The van der Waals surface area contributed by atoms with Crippen LogP contribution in [-0.2, 0) is 9.53 Å². The Labute approximate surface area is 130 Å². The lowest BCUT2D eigenvalue weighted by atomic mass is 10.1. The lowest BCUT2D eigenvalue weighted by Crippen LogP contribution is -2.20. The average Bonchev–Trinajstić information content (AvgIpc) is 2.92. The molecular weight excluding hydrogens is 307 g/mol. The zero-order valence-corrected chi connectivity index (χ0v) is 12.4. The molecule has 0 radical (unpaired) electrons. The molecule has 0 aliphatic rings. The molecule has 1 atom stereocenters. The van der Waals surface area contributed by atoms with Gasteiger partial charge in [0.05, 0.1) is 11.6 Å². The molecule has 1 aromatic carbocycles. The monoisotopic (exact) mass is 318 g/mol. The maximum atomic E-state index is 13.4. The van der Waals surface area contributed by atoms with E-state index < -0.39 is 30.1 Å². The van der Waals surface area contributed by atoms with Gasteiger partial charge in [-0.25, -0.2) is 14.2 Å². The van der Waals surface area contributed by atoms with Gasteiger partial charge in [-0.3, -0.25) is 4.79 Å². The minimum Gasteiger partial charge on any atom is -0.454 e. The minimum atomic E-state index is -1.09. The van der Waals surface area contributed by atoms with Gasteiger partial charge >= 0.3 is 5.97 Å². The third-order valence-corrected chi connectivity index (χ3v) is 3.80. The van der Waals surface area contributed by atoms with Crippen molar-refractivity contribution in [3.63, 3.8) is 0 Å². The number of Topliss-reactive ketones (excluding diaryl/α,β-unsaturated/α-hetero) is 1. The van der Waals surface area contributed by atoms with Crippen molar-refractivity contribution in [2.45, 2.75) is 12.8 Å². The number of carbonyl (C=O) groups excluding carboxylic acids is 2. The van der Waals surface area contributed by atoms with Gasteiger partial charge in [0.25, 0.3) is 0 Å². The summed E-state index contributed by atoms with van der Waals surface area (Å²) >= 11 is 1.19. The van der Waals surface area contributed by atoms with Crippen molar-refractivity contribution in [3.05, 3.63) is 51.7 Å². The molecule has 112 valence electrons. The number of nitriles is 1. The van der Waals surface area contributed by atoms with Gasteiger partial charge in [-0.15, -0.1) is 11.3 Å². The largest absolute Gasteiger partial charge is 0.454 e. The van der Waals surface area contributed by atoms with Crippen molar-refractivity contribution in [2.75, 3.05) is 6.61 Å². The number of aryl methyl sites for hydroxylation is 1. The van der Waals surface area contributed by atoms with Crippen LogP contribution in [0, 0.1) is 24.1 Å². The summed E-state index contributed by atoms with van der Waals surface area (Å²) in [5.74, 6) is -3.36. The highest BCUT2D eigenvalue weighted by molar-refractivity contribution is 7.09. The van der Waals surface area contributed by atoms with Gasteiger partial charge in [-0.05, 0) is 19.1 Å². The van der Waals surface area contributed by atoms with Crippen LogP contribution in [0.1, 0.15) is 27.0 Å². The molecule has 5 nitrogen and oxygen atoms in total. The van der Waals surface area contributed by atoms with Crippen LogP contribution < -0.4 is 0 Å². The number of carbonyl (C=O) groups is 2. The van der Waals surface area contributed by atoms with Crippen molar-refractivity contribution < 1.29 is 18.7 Å². The molecule has 1 aromatic heterocycles. The fraction of sp³-hybridized carbons (Fsp3) is 0.200. The normalized spacial score (nSPS) is 11.5. The van der Waals surface area contributed by atoms with E-state index in [2.05, 4.69) is 4.98 Å². The number of ether oxygens (including phenoxy) is 1. The number of benzene rings is 1. The molecular formula is C15H11FN2O3S. The molecule has 0 N–H and O–H groups in total. The van der Waals surface area contributed by atoms with E-state index in [1.165, 1.54) is 29.5 Å². The molecule has 0 fully saturated rings. The molecule has 0 aliphatic heterocycles. The number of hydrogen-bond acceptors (Lipinski definition) is 6. The zero-order valence-electron chi connectivity index (χ0n) is 11.6. The maximum absolute atomic E-state index is 13.4. The smallest absolute Gasteiger partial charge is 0.341 e. The van der Waals surface area contributed by atoms with Crippen molar-refractivity contribution in [2.24, 2.45) is 0 Å². The topological polar surface area (TPSA) is 80.0 Å². The SMILES string of the molecule is Cc1csc([C@@H](C#N)C(=O)COC(=O)c2ccccc2F)n1. The number of halogens is 1. The lowest BCUT2D eigenvalue weighted by Gasteiger charge is -2.07. The highest BCUT2D eigenvalue weighted by atomic mass is 32.1. The predicted molar refractivity (Wildman–Crippen MR) is 76.9 cm³/mol. The van der Waals surface area contributed by atoms with E-state index in [0.29, 0.717) is 10.7 Å². The summed E-state index contributed by atoms with van der Waals surface area (Å²) in [6.45, 7) is 1.14. The second-order valence-corrected chi connectivity index (χ2v) is 5.30. The summed E-state index contributed by atoms with van der Waals surface area (Å²) in [6, 6.07) is 7.14. The van der Waals surface area contributed by atoms with Crippen LogP contribution in [0.4, 0.5) is 4.39 Å². The van der Waals surface area contributed by atoms with E-state index in [9.17, 15) is 14.0 Å². The number of ketones is 1. The van der Waals surface area contributed by atoms with Crippen LogP contribution in [0.5, 0.6) is 0 Å². The first-order chi connectivity index (χ1) is 10.5. The summed E-state index contributed by atoms with van der Waals surface area (Å²) in [5, 5.41) is 11.2. The van der Waals surface area contributed by atoms with Gasteiger partial charge in [-0.2, -0.15) is 5.26 Å². The van der Waals surface area contributed by atoms with E-state index in [4.69, 9.17) is 10.00 Å². The Morgan fingerprint density at radius 2 is 2.18 bits per heavy atom. The van der Waals surface area contributed by atoms with Crippen LogP contribution in [-0.4, -0.2) is 23.3 Å². The van der Waals surface area contributed by atoms with Crippen molar-refractivity contribution in [3.8, 4) is 6.07 Å².